The molecule has 0 bridgehead atoms. The van der Waals surface area contributed by atoms with Crippen molar-refractivity contribution in [1.29, 1.82) is 5.26 Å². The number of hydrogen-bond acceptors (Lipinski definition) is 5. The average molecular weight is 289 g/mol. The molecule has 1 aromatic rings. The Hall–Kier alpha value is -2.62. The maximum absolute atomic E-state index is 12.2. The molecule has 0 spiro atoms. The van der Waals surface area contributed by atoms with E-state index in [4.69, 9.17) is 4.74 Å². The third kappa shape index (κ3) is 2.65. The van der Waals surface area contributed by atoms with Crippen LogP contribution in [0.1, 0.15) is 19.8 Å². The van der Waals surface area contributed by atoms with Crippen LogP contribution in [0, 0.1) is 32.8 Å². The SMILES string of the molecule is COc1ccc(NC(=O)C2(C#N)CC(C)C2)cc1[N+](=O)[O-]. The largest absolute Gasteiger partial charge is 0.490 e. The third-order valence-corrected chi connectivity index (χ3v) is 3.68. The minimum absolute atomic E-state index is 0.116. The van der Waals surface area contributed by atoms with E-state index in [-0.39, 0.29) is 17.1 Å². The molecule has 0 aliphatic heterocycles. The molecule has 0 saturated heterocycles. The summed E-state index contributed by atoms with van der Waals surface area (Å²) in [5.41, 5.74) is -0.973. The van der Waals surface area contributed by atoms with Gasteiger partial charge in [-0.2, -0.15) is 5.26 Å². The summed E-state index contributed by atoms with van der Waals surface area (Å²) in [7, 11) is 1.33. The van der Waals surface area contributed by atoms with E-state index in [1.165, 1.54) is 25.3 Å². The number of anilines is 1. The van der Waals surface area contributed by atoms with Crippen LogP contribution >= 0.6 is 0 Å². The van der Waals surface area contributed by atoms with E-state index in [1.807, 2.05) is 6.92 Å². The number of nitrogens with one attached hydrogen (secondary N) is 1. The molecule has 1 aliphatic carbocycles. The molecule has 1 aliphatic rings. The molecule has 2 rings (SSSR count). The van der Waals surface area contributed by atoms with Crippen molar-refractivity contribution in [2.75, 3.05) is 12.4 Å². The number of nitriles is 1. The zero-order chi connectivity index (χ0) is 15.6. The van der Waals surface area contributed by atoms with E-state index in [9.17, 15) is 20.2 Å². The Morgan fingerprint density at radius 1 is 1.57 bits per heavy atom. The van der Waals surface area contributed by atoms with Crippen LogP contribution in [0.25, 0.3) is 0 Å². The Morgan fingerprint density at radius 3 is 2.71 bits per heavy atom. The van der Waals surface area contributed by atoms with Crippen molar-refractivity contribution in [1.82, 2.24) is 0 Å². The number of methoxy groups -OCH3 is 1. The molecular formula is C14H15N3O4. The first-order valence-corrected chi connectivity index (χ1v) is 6.47. The third-order valence-electron chi connectivity index (χ3n) is 3.68. The molecule has 7 nitrogen and oxygen atoms in total. The van der Waals surface area contributed by atoms with Gasteiger partial charge in [-0.05, 0) is 30.9 Å². The fourth-order valence-electron chi connectivity index (χ4n) is 2.62. The highest BCUT2D eigenvalue weighted by molar-refractivity contribution is 5.98. The van der Waals surface area contributed by atoms with Gasteiger partial charge in [-0.15, -0.1) is 0 Å². The zero-order valence-corrected chi connectivity index (χ0v) is 11.8. The Balaban J connectivity index is 2.21. The molecule has 0 unspecified atom stereocenters. The van der Waals surface area contributed by atoms with Crippen molar-refractivity contribution in [2.24, 2.45) is 11.3 Å². The maximum atomic E-state index is 12.2. The van der Waals surface area contributed by atoms with E-state index in [1.54, 1.807) is 0 Å². The van der Waals surface area contributed by atoms with Crippen molar-refractivity contribution in [3.05, 3.63) is 28.3 Å². The second kappa shape index (κ2) is 5.40. The lowest BCUT2D eigenvalue weighted by atomic mass is 9.63. The van der Waals surface area contributed by atoms with Crippen LogP contribution in [0.5, 0.6) is 5.75 Å². The van der Waals surface area contributed by atoms with Gasteiger partial charge in [0.1, 0.15) is 5.41 Å². The first-order chi connectivity index (χ1) is 9.91. The maximum Gasteiger partial charge on any atom is 0.312 e. The standard InChI is InChI=1S/C14H15N3O4/c1-9-6-14(7-9,8-15)13(18)16-10-3-4-12(21-2)11(5-10)17(19)20/h3-5,9H,6-7H2,1-2H3,(H,16,18). The summed E-state index contributed by atoms with van der Waals surface area (Å²) in [6, 6.07) is 6.20. The van der Waals surface area contributed by atoms with Gasteiger partial charge in [-0.3, -0.25) is 14.9 Å². The molecule has 0 atom stereocenters. The van der Waals surface area contributed by atoms with E-state index >= 15 is 0 Å². The Kier molecular flexibility index (Phi) is 3.80. The average Bonchev–Trinajstić information content (AvgIpc) is 2.43. The number of rotatable bonds is 4. The molecule has 0 aromatic heterocycles. The van der Waals surface area contributed by atoms with Gasteiger partial charge in [0.05, 0.1) is 18.1 Å². The zero-order valence-electron chi connectivity index (χ0n) is 11.8. The predicted octanol–water partition coefficient (Wildman–Crippen LogP) is 2.48. The first kappa shape index (κ1) is 14.8. The molecule has 0 radical (unpaired) electrons. The van der Waals surface area contributed by atoms with Crippen LogP contribution in [0.3, 0.4) is 0 Å². The summed E-state index contributed by atoms with van der Waals surface area (Å²) in [4.78, 5) is 22.6. The van der Waals surface area contributed by atoms with Gasteiger partial charge in [0.15, 0.2) is 5.75 Å². The smallest absolute Gasteiger partial charge is 0.312 e. The molecular weight excluding hydrogens is 274 g/mol. The molecule has 110 valence electrons. The number of nitro benzene ring substituents is 1. The lowest BCUT2D eigenvalue weighted by Gasteiger charge is -2.39. The Labute approximate surface area is 121 Å². The summed E-state index contributed by atoms with van der Waals surface area (Å²) < 4.78 is 4.89. The molecule has 1 saturated carbocycles. The molecule has 1 aromatic carbocycles. The number of nitro groups is 1. The van der Waals surface area contributed by atoms with Gasteiger partial charge in [-0.25, -0.2) is 0 Å². The van der Waals surface area contributed by atoms with Gasteiger partial charge in [0.2, 0.25) is 5.91 Å². The monoisotopic (exact) mass is 289 g/mol. The van der Waals surface area contributed by atoms with Crippen molar-refractivity contribution < 1.29 is 14.5 Å². The van der Waals surface area contributed by atoms with Crippen LogP contribution in [-0.4, -0.2) is 17.9 Å². The summed E-state index contributed by atoms with van der Waals surface area (Å²) in [6.45, 7) is 1.97. The quantitative estimate of drug-likeness (QED) is 0.677. The van der Waals surface area contributed by atoms with Crippen molar-refractivity contribution >= 4 is 17.3 Å². The summed E-state index contributed by atoms with van der Waals surface area (Å²) in [6.07, 6.45) is 1.02. The summed E-state index contributed by atoms with van der Waals surface area (Å²) >= 11 is 0. The highest BCUT2D eigenvalue weighted by Crippen LogP contribution is 2.45. The lowest BCUT2D eigenvalue weighted by molar-refractivity contribution is -0.385. The predicted molar refractivity (Wildman–Crippen MR) is 74.7 cm³/mol. The second-order valence-electron chi connectivity index (χ2n) is 5.31. The lowest BCUT2D eigenvalue weighted by Crippen LogP contribution is -2.45. The summed E-state index contributed by atoms with van der Waals surface area (Å²) in [5, 5.41) is 22.7. The molecule has 1 amide bonds. The number of amides is 1. The fraction of sp³-hybridized carbons (Fsp3) is 0.429. The minimum atomic E-state index is -1.02. The van der Waals surface area contributed by atoms with Crippen molar-refractivity contribution in [2.45, 2.75) is 19.8 Å². The number of benzene rings is 1. The van der Waals surface area contributed by atoms with Gasteiger partial charge < -0.3 is 10.1 Å². The van der Waals surface area contributed by atoms with E-state index in [2.05, 4.69) is 11.4 Å². The van der Waals surface area contributed by atoms with Gasteiger partial charge >= 0.3 is 5.69 Å². The summed E-state index contributed by atoms with van der Waals surface area (Å²) in [5.74, 6) is 0.0356. The first-order valence-electron chi connectivity index (χ1n) is 6.47. The highest BCUT2D eigenvalue weighted by atomic mass is 16.6. The molecule has 21 heavy (non-hydrogen) atoms. The number of ether oxygens (including phenoxy) is 1. The fourth-order valence-corrected chi connectivity index (χ4v) is 2.62. The second-order valence-corrected chi connectivity index (χ2v) is 5.31. The van der Waals surface area contributed by atoms with Crippen LogP contribution in [0.2, 0.25) is 0 Å². The topological polar surface area (TPSA) is 105 Å². The van der Waals surface area contributed by atoms with Crippen LogP contribution in [0.15, 0.2) is 18.2 Å². The highest BCUT2D eigenvalue weighted by Gasteiger charge is 2.49. The Bertz CT molecular complexity index is 630. The number of carbonyl (C=O) groups is 1. The van der Waals surface area contributed by atoms with E-state index in [0.717, 1.165) is 0 Å². The number of carbonyl (C=O) groups excluding carboxylic acids is 1. The molecule has 1 fully saturated rings. The normalized spacial score (nSPS) is 23.6. The molecule has 7 heteroatoms. The van der Waals surface area contributed by atoms with Crippen molar-refractivity contribution in [3.8, 4) is 11.8 Å². The minimum Gasteiger partial charge on any atom is -0.490 e. The number of nitrogens with zero attached hydrogens (tertiary/aromatic N) is 2. The van der Waals surface area contributed by atoms with Crippen LogP contribution in [-0.2, 0) is 4.79 Å². The van der Waals surface area contributed by atoms with E-state index < -0.39 is 16.2 Å². The van der Waals surface area contributed by atoms with Crippen LogP contribution < -0.4 is 10.1 Å². The van der Waals surface area contributed by atoms with E-state index in [0.29, 0.717) is 18.8 Å². The molecule has 0 heterocycles. The van der Waals surface area contributed by atoms with Gasteiger partial charge in [-0.1, -0.05) is 6.92 Å². The van der Waals surface area contributed by atoms with Crippen molar-refractivity contribution in [3.63, 3.8) is 0 Å². The van der Waals surface area contributed by atoms with Gasteiger partial charge in [0.25, 0.3) is 0 Å². The molecule has 1 N–H and O–H groups in total. The van der Waals surface area contributed by atoms with Crippen LogP contribution in [0.4, 0.5) is 11.4 Å². The number of hydrogen-bond donors (Lipinski definition) is 1. The van der Waals surface area contributed by atoms with Gasteiger partial charge in [0, 0.05) is 11.8 Å². The Morgan fingerprint density at radius 2 is 2.24 bits per heavy atom.